The van der Waals surface area contributed by atoms with E-state index >= 15 is 0 Å². The summed E-state index contributed by atoms with van der Waals surface area (Å²) < 4.78 is 76.5. The summed E-state index contributed by atoms with van der Waals surface area (Å²) in [6.45, 7) is 41.5. The van der Waals surface area contributed by atoms with Crippen LogP contribution in [0, 0.1) is 178 Å². The number of ketones is 5. The zero-order valence-corrected chi connectivity index (χ0v) is 90.7. The number of hydrogen-bond donors (Lipinski definition) is 4. The molecule has 20 aliphatic carbocycles. The Kier molecular flexibility index (Phi) is 28.1. The molecule has 0 aromatic carbocycles. The number of fused-ring (bicyclic) bond motifs is 25. The number of carbonyl (C=O) groups is 8. The molecule has 5 aliphatic heterocycles. The molecule has 0 bridgehead atoms. The molecule has 25 aliphatic rings. The van der Waals surface area contributed by atoms with Gasteiger partial charge in [-0.05, 0) is 357 Å². The molecule has 5 heterocycles. The van der Waals surface area contributed by atoms with Gasteiger partial charge >= 0.3 is 0 Å². The second-order valence-corrected chi connectivity index (χ2v) is 54.6. The quantitative estimate of drug-likeness (QED) is 0.0713. The van der Waals surface area contributed by atoms with E-state index in [-0.39, 0.29) is 102 Å². The Morgan fingerprint density at radius 1 is 0.342 bits per heavy atom. The van der Waals surface area contributed by atoms with Gasteiger partial charge in [-0.3, -0.25) is 38.4 Å². The Hall–Kier alpha value is -5.10. The van der Waals surface area contributed by atoms with Crippen molar-refractivity contribution >= 4 is 48.3 Å². The molecule has 4 N–H and O–H groups in total. The van der Waals surface area contributed by atoms with E-state index in [4.69, 9.17) is 61.6 Å². The highest BCUT2D eigenvalue weighted by Crippen LogP contribution is 2.77. The molecule has 0 radical (unpaired) electrons. The molecular formula is C121H176O25. The van der Waals surface area contributed by atoms with Gasteiger partial charge in [0.1, 0.15) is 22.8 Å². The maximum atomic E-state index is 12.6. The van der Waals surface area contributed by atoms with Gasteiger partial charge in [0.15, 0.2) is 46.3 Å². The first-order valence-corrected chi connectivity index (χ1v) is 57.7. The molecule has 25 heteroatoms. The molecule has 4 spiro atoms. The number of allylic oxidation sites excluding steroid dienone is 5. The molecule has 19 unspecified atom stereocenters. The topological polar surface area (TPSA) is 337 Å². The number of rotatable bonds is 14. The summed E-state index contributed by atoms with van der Waals surface area (Å²) in [7, 11) is 0. The molecule has 5 saturated heterocycles. The van der Waals surface area contributed by atoms with Crippen molar-refractivity contribution in [2.24, 2.45) is 178 Å². The number of Topliss-reactive ketones (excluding diaryl/α,β-unsaturated/α-hetero) is 4. The molecular weight excluding hydrogens is 1850 g/mol. The van der Waals surface area contributed by atoms with Gasteiger partial charge in [-0.25, -0.2) is 0 Å². The van der Waals surface area contributed by atoms with Gasteiger partial charge in [0.2, 0.25) is 0 Å². The fraction of sp³-hybridized carbons (Fsp3) is 0.851. The minimum absolute atomic E-state index is 0.00134. The Morgan fingerprint density at radius 3 is 1.03 bits per heavy atom. The van der Waals surface area contributed by atoms with Crippen molar-refractivity contribution in [2.75, 3.05) is 85.9 Å². The predicted molar refractivity (Wildman–Crippen MR) is 541 cm³/mol. The molecule has 0 aromatic rings. The Morgan fingerprint density at radius 2 is 0.658 bits per heavy atom. The maximum absolute atomic E-state index is 12.6. The van der Waals surface area contributed by atoms with Crippen LogP contribution >= 0.6 is 0 Å². The highest BCUT2D eigenvalue weighted by molar-refractivity contribution is 5.92. The average Bonchev–Trinajstić information content (AvgIpc) is 1.46. The lowest BCUT2D eigenvalue weighted by Gasteiger charge is -2.62. The minimum atomic E-state index is -1.29. The standard InChI is InChI=1S/C25H36O6.C25H38O5.C25H36O5.C23H32O5.C23H34O4/c1-16(27)25(28)7-6-20-19-5-4-18-13-24(30-10-11-31-24)9-8-22(18,2)21(19)17(14-29-15-26)12-23(20,25)3;1-22-8-9-25(29-12-13-30-25)14-16(22)4-5-17-18-6-7-20(24(3)27-10-11-28-24)23(18,2)15-19(26)21(17)22;1-16(27)20-6-7-21-19-5-4-18-13-25(29-10-11-30-25)9-8-23(18,2)22(19)17(14-28-15-26)12-24(20,21)3;1-14(25)23(27)9-7-19-18-5-4-16-10-17(26)6-8-21(16,2)20(18)15(12-28-13-24)11-22(19,23)3;1-14(24)17-6-7-18-16-5-4-15-12-23(26-10-11-27-23)9-8-21(15,2)20(16)19(25)13-22(17,18)3/h4,15,17,19-21,28H,5-14H2,1-3H3;4,17-21,26H,5-15H2,1-3H3;4,15,17,19-22H,5-14H2,1-3H3;10,13,15,18-20,27H,4-9,11-12H2,1-3H3;4,16-20,25H,5-13H2,1-3H3/t17-,19?,20?,21?,22-,23?,25-;17?,18?,19-,20?,21?,22+,23+;17-,19?,20?,21?,22?,23-,24+;15-,18?,19?,20?,21-,22-,23-;16?,17?,18?,19-,20?,21+,22-/m01001/s1. The van der Waals surface area contributed by atoms with E-state index in [9.17, 15) is 58.8 Å². The van der Waals surface area contributed by atoms with Gasteiger partial charge in [0.05, 0.1) is 98.1 Å². The number of ether oxygens (including phenoxy) is 13. The lowest BCUT2D eigenvalue weighted by atomic mass is 9.43. The summed E-state index contributed by atoms with van der Waals surface area (Å²) in [6.07, 6.45) is 43.3. The Labute approximate surface area is 867 Å². The second kappa shape index (κ2) is 38.5. The molecule has 25 rings (SSSR count). The summed E-state index contributed by atoms with van der Waals surface area (Å²) >= 11 is 0. The van der Waals surface area contributed by atoms with Crippen LogP contribution in [0.3, 0.4) is 0 Å². The summed E-state index contributed by atoms with van der Waals surface area (Å²) in [5.41, 5.74) is 3.75. The Balaban J connectivity index is 0.000000107. The summed E-state index contributed by atoms with van der Waals surface area (Å²) in [4.78, 5) is 95.0. The van der Waals surface area contributed by atoms with E-state index in [0.717, 1.165) is 186 Å². The van der Waals surface area contributed by atoms with Crippen LogP contribution in [0.1, 0.15) is 329 Å². The van der Waals surface area contributed by atoms with E-state index in [1.165, 1.54) is 48.1 Å². The third kappa shape index (κ3) is 16.6. The smallest absolute Gasteiger partial charge is 0.293 e. The van der Waals surface area contributed by atoms with Gasteiger partial charge in [0.25, 0.3) is 19.4 Å². The van der Waals surface area contributed by atoms with Crippen molar-refractivity contribution in [3.8, 4) is 0 Å². The first kappa shape index (κ1) is 107. The molecule has 20 fully saturated rings. The number of aliphatic hydroxyl groups is 4. The highest BCUT2D eigenvalue weighted by atomic mass is 16.8. The van der Waals surface area contributed by atoms with Crippen LogP contribution in [0.5, 0.6) is 0 Å². The zero-order chi connectivity index (χ0) is 103. The van der Waals surface area contributed by atoms with Crippen LogP contribution in [-0.4, -0.2) is 207 Å². The van der Waals surface area contributed by atoms with Gasteiger partial charge in [-0.1, -0.05) is 121 Å². The van der Waals surface area contributed by atoms with Crippen molar-refractivity contribution in [3.05, 3.63) is 58.2 Å². The average molecular weight is 2030 g/mol. The zero-order valence-electron chi connectivity index (χ0n) is 90.7. The predicted octanol–water partition coefficient (Wildman–Crippen LogP) is 18.9. The first-order chi connectivity index (χ1) is 69.3. The second-order valence-electron chi connectivity index (χ2n) is 54.6. The summed E-state index contributed by atoms with van der Waals surface area (Å²) in [5, 5.41) is 45.9. The molecule has 35 atom stereocenters. The van der Waals surface area contributed by atoms with Crippen LogP contribution in [-0.2, 0) is 99.9 Å². The largest absolute Gasteiger partial charge is 0.468 e. The summed E-state index contributed by atoms with van der Waals surface area (Å²) in [5.74, 6) is 6.10. The molecule has 0 amide bonds. The molecule has 810 valence electrons. The van der Waals surface area contributed by atoms with Gasteiger partial charge in [-0.2, -0.15) is 0 Å². The van der Waals surface area contributed by atoms with Crippen molar-refractivity contribution in [2.45, 2.75) is 381 Å². The molecule has 25 nitrogen and oxygen atoms in total. The van der Waals surface area contributed by atoms with Crippen LogP contribution < -0.4 is 0 Å². The highest BCUT2D eigenvalue weighted by Gasteiger charge is 2.74. The van der Waals surface area contributed by atoms with Gasteiger partial charge < -0.3 is 82.0 Å². The number of aliphatic hydroxyl groups excluding tert-OH is 2. The first-order valence-electron chi connectivity index (χ1n) is 57.7. The van der Waals surface area contributed by atoms with E-state index in [2.05, 4.69) is 100 Å². The van der Waals surface area contributed by atoms with Crippen LogP contribution in [0.2, 0.25) is 0 Å². The third-order valence-electron chi connectivity index (χ3n) is 48.8. The van der Waals surface area contributed by atoms with Crippen molar-refractivity contribution in [1.82, 2.24) is 0 Å². The fourth-order valence-corrected chi connectivity index (χ4v) is 42.5. The van der Waals surface area contributed by atoms with Gasteiger partial charge in [-0.15, -0.1) is 0 Å². The molecule has 146 heavy (non-hydrogen) atoms. The van der Waals surface area contributed by atoms with Gasteiger partial charge in [0, 0.05) is 86.4 Å². The molecule has 0 aromatic heterocycles. The number of hydrogen-bond acceptors (Lipinski definition) is 25. The minimum Gasteiger partial charge on any atom is -0.468 e. The fourth-order valence-electron chi connectivity index (χ4n) is 42.5. The number of carbonyl (C=O) groups excluding carboxylic acids is 8. The van der Waals surface area contributed by atoms with Crippen LogP contribution in [0.4, 0.5) is 0 Å². The molecule has 15 saturated carbocycles. The van der Waals surface area contributed by atoms with E-state index in [0.29, 0.717) is 244 Å². The van der Waals surface area contributed by atoms with Crippen LogP contribution in [0.25, 0.3) is 0 Å². The SMILES string of the molecule is CC(=O)C1CCC2C3CC=C4CC5(CC[C@]4(C)C3[C@H](COC=O)C[C@]12C)OCCO5.CC(=O)C1CCC2C3CC=C4CC5(CC[C@]4(C)C3[C@H](O)C[C@]12C)OCCO5.CC(=O)[C@@]1(O)CCC2C3CC=C4CC5(CC[C@]4(C)C3[C@H](COC=O)CC21C)OCCO5.CC(=O)[C@@]1(O)CCC2C3CCC4=CC(=O)CC[C@]4(C)C3[C@H](COC=O)C[C@@]21C.CC1(C2CCC3C4CC=C5CC6(CC[C@]5(C)C4[C@H](O)C[C@@]32C)OCCO6)OCCO1. The monoisotopic (exact) mass is 2030 g/mol. The maximum Gasteiger partial charge on any atom is 0.293 e. The van der Waals surface area contributed by atoms with E-state index in [1.54, 1.807) is 13.8 Å². The lowest BCUT2D eigenvalue weighted by Crippen LogP contribution is -2.60. The van der Waals surface area contributed by atoms with Crippen molar-refractivity contribution < 1.29 is 120 Å². The van der Waals surface area contributed by atoms with E-state index < -0.39 is 51.0 Å². The lowest BCUT2D eigenvalue weighted by molar-refractivity contribution is -0.227. The third-order valence-corrected chi connectivity index (χ3v) is 48.8. The summed E-state index contributed by atoms with van der Waals surface area (Å²) in [6, 6.07) is 0. The van der Waals surface area contributed by atoms with Crippen molar-refractivity contribution in [1.29, 1.82) is 0 Å². The van der Waals surface area contributed by atoms with E-state index in [1.807, 2.05) is 6.08 Å². The normalized spacial score (nSPS) is 48.7. The van der Waals surface area contributed by atoms with Crippen molar-refractivity contribution in [3.63, 3.8) is 0 Å². The van der Waals surface area contributed by atoms with Crippen LogP contribution in [0.15, 0.2) is 58.2 Å². The Bertz CT molecular complexity index is 5150.